The molecule has 0 radical (unpaired) electrons. The molecule has 0 aliphatic carbocycles. The van der Waals surface area contributed by atoms with Crippen molar-refractivity contribution in [2.75, 3.05) is 5.32 Å². The highest BCUT2D eigenvalue weighted by atomic mass is 32.1. The number of thiophene rings is 1. The molecule has 2 aromatic carbocycles. The first-order valence-corrected chi connectivity index (χ1v) is 8.86. The fourth-order valence-corrected chi connectivity index (χ4v) is 3.51. The van der Waals surface area contributed by atoms with E-state index < -0.39 is 10.8 Å². The monoisotopic (exact) mass is 398 g/mol. The van der Waals surface area contributed by atoms with E-state index in [1.807, 2.05) is 0 Å². The number of nitro groups is 1. The number of aromatic nitrogens is 2. The van der Waals surface area contributed by atoms with E-state index in [0.29, 0.717) is 16.7 Å². The Balaban J connectivity index is 1.47. The van der Waals surface area contributed by atoms with Gasteiger partial charge in [-0.3, -0.25) is 20.2 Å². The van der Waals surface area contributed by atoms with Gasteiger partial charge >= 0.3 is 6.01 Å². The van der Waals surface area contributed by atoms with Gasteiger partial charge in [-0.1, -0.05) is 17.2 Å². The van der Waals surface area contributed by atoms with E-state index in [2.05, 4.69) is 15.5 Å². The number of nitrogens with zero attached hydrogens (tertiary/aromatic N) is 3. The van der Waals surface area contributed by atoms with Gasteiger partial charge < -0.3 is 4.42 Å². The number of fused-ring (bicyclic) bond motifs is 1. The number of non-ortho nitro benzene ring substituents is 1. The molecule has 0 bridgehead atoms. The lowest BCUT2D eigenvalue weighted by Gasteiger charge is -1.97. The second-order valence-corrected chi connectivity index (χ2v) is 6.93. The third-order valence-electron chi connectivity index (χ3n) is 3.89. The molecule has 2 aromatic heterocycles. The normalized spacial score (nSPS) is 10.9. The maximum atomic E-state index is 12.9. The van der Waals surface area contributed by atoms with E-state index in [9.17, 15) is 19.3 Å². The van der Waals surface area contributed by atoms with Gasteiger partial charge in [-0.2, -0.15) is 0 Å². The Hall–Kier alpha value is -3.66. The first-order chi connectivity index (χ1) is 13.5. The van der Waals surface area contributed by atoms with Gasteiger partial charge in [0.25, 0.3) is 11.6 Å². The fourth-order valence-electron chi connectivity index (χ4n) is 2.57. The van der Waals surface area contributed by atoms with Gasteiger partial charge in [0, 0.05) is 22.2 Å². The van der Waals surface area contributed by atoms with Crippen molar-refractivity contribution >= 4 is 39.0 Å². The predicted octanol–water partition coefficient (Wildman–Crippen LogP) is 4.17. The number of halogens is 1. The Morgan fingerprint density at radius 3 is 2.71 bits per heavy atom. The molecule has 8 nitrogen and oxygen atoms in total. The van der Waals surface area contributed by atoms with E-state index in [-0.39, 0.29) is 23.4 Å². The van der Waals surface area contributed by atoms with Crippen LogP contribution in [-0.2, 0) is 6.42 Å². The van der Waals surface area contributed by atoms with Gasteiger partial charge in [-0.25, -0.2) is 4.39 Å². The van der Waals surface area contributed by atoms with E-state index in [1.165, 1.54) is 35.6 Å². The minimum absolute atomic E-state index is 0.0420. The minimum Gasteiger partial charge on any atom is -0.407 e. The number of carbonyl (C=O) groups excluding carboxylic acids is 1. The van der Waals surface area contributed by atoms with Gasteiger partial charge in [-0.15, -0.1) is 16.4 Å². The molecular formula is C18H11FN4O4S. The van der Waals surface area contributed by atoms with Crippen molar-refractivity contribution in [3.63, 3.8) is 0 Å². The largest absolute Gasteiger partial charge is 0.407 e. The molecule has 28 heavy (non-hydrogen) atoms. The first kappa shape index (κ1) is 17.7. The molecule has 0 spiro atoms. The summed E-state index contributed by atoms with van der Waals surface area (Å²) in [6.07, 6.45) is 0.301. The average molecular weight is 398 g/mol. The van der Waals surface area contributed by atoms with Crippen molar-refractivity contribution in [1.82, 2.24) is 10.2 Å². The van der Waals surface area contributed by atoms with Crippen LogP contribution in [0.2, 0.25) is 0 Å². The van der Waals surface area contributed by atoms with E-state index in [1.54, 1.807) is 24.3 Å². The number of carbonyl (C=O) groups is 1. The lowest BCUT2D eigenvalue weighted by Crippen LogP contribution is -2.10. The lowest BCUT2D eigenvalue weighted by molar-refractivity contribution is -0.384. The molecule has 10 heteroatoms. The van der Waals surface area contributed by atoms with Crippen LogP contribution in [0.25, 0.3) is 10.1 Å². The molecule has 4 rings (SSSR count). The van der Waals surface area contributed by atoms with Gasteiger partial charge in [0.1, 0.15) is 5.82 Å². The van der Waals surface area contributed by atoms with Gasteiger partial charge in [-0.05, 0) is 29.8 Å². The first-order valence-electron chi connectivity index (χ1n) is 8.04. The predicted molar refractivity (Wildman–Crippen MR) is 99.9 cm³/mol. The molecule has 0 aliphatic heterocycles. The number of nitro benzene ring substituents is 1. The highest BCUT2D eigenvalue weighted by Gasteiger charge is 2.16. The number of amides is 1. The van der Waals surface area contributed by atoms with Crippen LogP contribution in [0.1, 0.15) is 21.1 Å². The van der Waals surface area contributed by atoms with Crippen molar-refractivity contribution in [2.45, 2.75) is 6.42 Å². The topological polar surface area (TPSA) is 111 Å². The Kier molecular flexibility index (Phi) is 4.53. The number of hydrogen-bond acceptors (Lipinski definition) is 7. The highest BCUT2D eigenvalue weighted by Crippen LogP contribution is 2.29. The maximum absolute atomic E-state index is 12.9. The summed E-state index contributed by atoms with van der Waals surface area (Å²) in [4.78, 5) is 23.1. The zero-order valence-electron chi connectivity index (χ0n) is 14.1. The van der Waals surface area contributed by atoms with Crippen molar-refractivity contribution in [2.24, 2.45) is 0 Å². The van der Waals surface area contributed by atoms with Crippen molar-refractivity contribution in [1.29, 1.82) is 0 Å². The van der Waals surface area contributed by atoms with Crippen molar-refractivity contribution < 1.29 is 18.5 Å². The summed E-state index contributed by atoms with van der Waals surface area (Å²) in [5.41, 5.74) is 0.744. The summed E-state index contributed by atoms with van der Waals surface area (Å²) in [7, 11) is 0. The molecule has 0 fully saturated rings. The number of benzene rings is 2. The number of rotatable bonds is 5. The Bertz CT molecular complexity index is 1190. The molecule has 0 saturated heterocycles. The van der Waals surface area contributed by atoms with Crippen LogP contribution in [0.5, 0.6) is 0 Å². The smallest absolute Gasteiger partial charge is 0.322 e. The molecule has 140 valence electrons. The number of nitrogens with one attached hydrogen (secondary N) is 1. The van der Waals surface area contributed by atoms with Crippen LogP contribution in [0, 0.1) is 15.9 Å². The standard InChI is InChI=1S/C18H11FN4O4S/c19-12-3-1-10(2-4-12)7-16-21-22-18(27-16)20-17(24)15-9-11-8-13(23(25)26)5-6-14(11)28-15/h1-6,8-9H,7H2,(H,20,22,24). The third kappa shape index (κ3) is 3.71. The van der Waals surface area contributed by atoms with Gasteiger partial charge in [0.15, 0.2) is 0 Å². The Labute approximate surface area is 160 Å². The third-order valence-corrected chi connectivity index (χ3v) is 5.01. The maximum Gasteiger partial charge on any atom is 0.322 e. The molecule has 0 saturated carbocycles. The van der Waals surface area contributed by atoms with Crippen LogP contribution >= 0.6 is 11.3 Å². The second kappa shape index (κ2) is 7.16. The summed E-state index contributed by atoms with van der Waals surface area (Å²) < 4.78 is 19.1. The zero-order chi connectivity index (χ0) is 19.7. The molecule has 4 aromatic rings. The zero-order valence-corrected chi connectivity index (χ0v) is 14.9. The van der Waals surface area contributed by atoms with Gasteiger partial charge in [0.2, 0.25) is 5.89 Å². The number of hydrogen-bond donors (Lipinski definition) is 1. The highest BCUT2D eigenvalue weighted by molar-refractivity contribution is 7.20. The van der Waals surface area contributed by atoms with Crippen LogP contribution in [0.15, 0.2) is 52.9 Å². The second-order valence-electron chi connectivity index (χ2n) is 5.85. The lowest BCUT2D eigenvalue weighted by atomic mass is 10.1. The molecule has 0 atom stereocenters. The van der Waals surface area contributed by atoms with Crippen LogP contribution in [0.4, 0.5) is 16.1 Å². The average Bonchev–Trinajstić information content (AvgIpc) is 3.29. The summed E-state index contributed by atoms with van der Waals surface area (Å²) in [5.74, 6) is -0.523. The molecule has 1 N–H and O–H groups in total. The quantitative estimate of drug-likeness (QED) is 0.399. The Morgan fingerprint density at radius 2 is 1.96 bits per heavy atom. The van der Waals surface area contributed by atoms with Crippen LogP contribution in [-0.4, -0.2) is 21.0 Å². The summed E-state index contributed by atoms with van der Waals surface area (Å²) >= 11 is 1.20. The van der Waals surface area contributed by atoms with Crippen molar-refractivity contribution in [3.05, 3.63) is 80.8 Å². The molecule has 1 amide bonds. The van der Waals surface area contributed by atoms with E-state index in [0.717, 1.165) is 10.3 Å². The SMILES string of the molecule is O=C(Nc1nnc(Cc2ccc(F)cc2)o1)c1cc2cc([N+](=O)[O-])ccc2s1. The van der Waals surface area contributed by atoms with Crippen LogP contribution in [0.3, 0.4) is 0 Å². The molecule has 2 heterocycles. The van der Waals surface area contributed by atoms with Crippen molar-refractivity contribution in [3.8, 4) is 0 Å². The van der Waals surface area contributed by atoms with E-state index in [4.69, 9.17) is 4.42 Å². The van der Waals surface area contributed by atoms with E-state index >= 15 is 0 Å². The fraction of sp³-hybridized carbons (Fsp3) is 0.0556. The molecular weight excluding hydrogens is 387 g/mol. The van der Waals surface area contributed by atoms with Crippen LogP contribution < -0.4 is 5.32 Å². The Morgan fingerprint density at radius 1 is 1.18 bits per heavy atom. The molecule has 0 aliphatic rings. The number of anilines is 1. The molecule has 0 unspecified atom stereocenters. The van der Waals surface area contributed by atoms with Gasteiger partial charge in [0.05, 0.1) is 16.2 Å². The summed E-state index contributed by atoms with van der Waals surface area (Å²) in [6.45, 7) is 0. The summed E-state index contributed by atoms with van der Waals surface area (Å²) in [6, 6.07) is 11.8. The summed E-state index contributed by atoms with van der Waals surface area (Å²) in [5, 5.41) is 21.6. The minimum atomic E-state index is -0.488.